The van der Waals surface area contributed by atoms with Gasteiger partial charge >= 0.3 is 0 Å². The standard InChI is InChI=1S/C18H23N3O2S/c1-13-5-7-21(8-6-13)18(22)9-15-12-24-17(20-15)11-23-16-4-3-14(2)19-10-16/h3-4,10,12-13H,5-9,11H2,1-2H3. The maximum absolute atomic E-state index is 12.3. The van der Waals surface area contributed by atoms with Crippen molar-refractivity contribution < 1.29 is 9.53 Å². The largest absolute Gasteiger partial charge is 0.485 e. The van der Waals surface area contributed by atoms with Crippen LogP contribution >= 0.6 is 11.3 Å². The molecule has 24 heavy (non-hydrogen) atoms. The summed E-state index contributed by atoms with van der Waals surface area (Å²) in [6.45, 7) is 6.35. The van der Waals surface area contributed by atoms with Crippen molar-refractivity contribution in [2.24, 2.45) is 5.92 Å². The number of likely N-dealkylation sites (tertiary alicyclic amines) is 1. The highest BCUT2D eigenvalue weighted by molar-refractivity contribution is 7.09. The summed E-state index contributed by atoms with van der Waals surface area (Å²) in [7, 11) is 0. The Balaban J connectivity index is 1.50. The van der Waals surface area contributed by atoms with Crippen LogP contribution in [0.5, 0.6) is 5.75 Å². The smallest absolute Gasteiger partial charge is 0.228 e. The minimum atomic E-state index is 0.183. The fourth-order valence-corrected chi connectivity index (χ4v) is 3.41. The monoisotopic (exact) mass is 345 g/mol. The molecule has 0 aromatic carbocycles. The highest BCUT2D eigenvalue weighted by atomic mass is 32.1. The molecule has 1 fully saturated rings. The van der Waals surface area contributed by atoms with Gasteiger partial charge in [-0.2, -0.15) is 0 Å². The molecule has 0 aliphatic carbocycles. The number of carbonyl (C=O) groups excluding carboxylic acids is 1. The highest BCUT2D eigenvalue weighted by Gasteiger charge is 2.21. The second-order valence-corrected chi connectivity index (χ2v) is 7.34. The molecule has 3 rings (SSSR count). The average Bonchev–Trinajstić information content (AvgIpc) is 3.02. The van der Waals surface area contributed by atoms with E-state index in [4.69, 9.17) is 4.74 Å². The molecule has 1 saturated heterocycles. The maximum Gasteiger partial charge on any atom is 0.228 e. The Kier molecular flexibility index (Phi) is 5.45. The molecule has 0 radical (unpaired) electrons. The number of hydrogen-bond acceptors (Lipinski definition) is 5. The third-order valence-electron chi connectivity index (χ3n) is 4.31. The number of aryl methyl sites for hydroxylation is 1. The number of thiazole rings is 1. The zero-order valence-electron chi connectivity index (χ0n) is 14.2. The molecule has 2 aromatic rings. The van der Waals surface area contributed by atoms with Crippen molar-refractivity contribution in [2.45, 2.75) is 39.7 Å². The first-order valence-electron chi connectivity index (χ1n) is 8.36. The van der Waals surface area contributed by atoms with Crippen molar-refractivity contribution in [2.75, 3.05) is 13.1 Å². The number of ether oxygens (including phenoxy) is 1. The quantitative estimate of drug-likeness (QED) is 0.835. The molecule has 3 heterocycles. The molecule has 1 aliphatic rings. The average molecular weight is 345 g/mol. The van der Waals surface area contributed by atoms with Crippen LogP contribution < -0.4 is 4.74 Å². The number of carbonyl (C=O) groups is 1. The number of hydrogen-bond donors (Lipinski definition) is 0. The number of rotatable bonds is 5. The van der Waals surface area contributed by atoms with Gasteiger partial charge in [-0.15, -0.1) is 11.3 Å². The van der Waals surface area contributed by atoms with Crippen LogP contribution in [0, 0.1) is 12.8 Å². The second kappa shape index (κ2) is 7.75. The lowest BCUT2D eigenvalue weighted by Crippen LogP contribution is -2.38. The molecule has 1 aliphatic heterocycles. The number of amides is 1. The molecule has 5 nitrogen and oxygen atoms in total. The van der Waals surface area contributed by atoms with Gasteiger partial charge in [-0.05, 0) is 37.8 Å². The van der Waals surface area contributed by atoms with E-state index in [0.29, 0.717) is 13.0 Å². The van der Waals surface area contributed by atoms with Crippen LogP contribution in [0.25, 0.3) is 0 Å². The van der Waals surface area contributed by atoms with Crippen LogP contribution in [0.2, 0.25) is 0 Å². The predicted molar refractivity (Wildman–Crippen MR) is 94.1 cm³/mol. The van der Waals surface area contributed by atoms with Crippen molar-refractivity contribution in [3.8, 4) is 5.75 Å². The Bertz CT molecular complexity index is 676. The predicted octanol–water partition coefficient (Wildman–Crippen LogP) is 3.23. The van der Waals surface area contributed by atoms with Crippen LogP contribution in [0.4, 0.5) is 0 Å². The van der Waals surface area contributed by atoms with Gasteiger partial charge in [0.15, 0.2) is 0 Å². The number of pyridine rings is 1. The molecule has 0 atom stereocenters. The zero-order valence-corrected chi connectivity index (χ0v) is 15.0. The van der Waals surface area contributed by atoms with Crippen molar-refractivity contribution in [3.05, 3.63) is 40.1 Å². The van der Waals surface area contributed by atoms with Gasteiger partial charge in [0.05, 0.1) is 18.3 Å². The Hall–Kier alpha value is -1.95. The minimum absolute atomic E-state index is 0.183. The summed E-state index contributed by atoms with van der Waals surface area (Å²) in [5.41, 5.74) is 1.80. The summed E-state index contributed by atoms with van der Waals surface area (Å²) < 4.78 is 5.68. The lowest BCUT2D eigenvalue weighted by Gasteiger charge is -2.30. The fraction of sp³-hybridized carbons (Fsp3) is 0.500. The molecular weight excluding hydrogens is 322 g/mol. The Morgan fingerprint density at radius 1 is 1.38 bits per heavy atom. The summed E-state index contributed by atoms with van der Waals surface area (Å²) in [5.74, 6) is 1.65. The zero-order chi connectivity index (χ0) is 16.9. The second-order valence-electron chi connectivity index (χ2n) is 6.40. The van der Waals surface area contributed by atoms with E-state index in [2.05, 4.69) is 16.9 Å². The Labute approximate surface area is 146 Å². The summed E-state index contributed by atoms with van der Waals surface area (Å²) in [6.07, 6.45) is 4.31. The third kappa shape index (κ3) is 4.54. The van der Waals surface area contributed by atoms with Gasteiger partial charge in [0, 0.05) is 24.2 Å². The lowest BCUT2D eigenvalue weighted by atomic mass is 9.99. The van der Waals surface area contributed by atoms with Crippen LogP contribution in [-0.2, 0) is 17.8 Å². The minimum Gasteiger partial charge on any atom is -0.485 e. The Morgan fingerprint density at radius 3 is 2.88 bits per heavy atom. The first-order valence-corrected chi connectivity index (χ1v) is 9.24. The van der Waals surface area contributed by atoms with Crippen molar-refractivity contribution in [1.29, 1.82) is 0 Å². The van der Waals surface area contributed by atoms with E-state index < -0.39 is 0 Å². The number of aromatic nitrogens is 2. The van der Waals surface area contributed by atoms with Gasteiger partial charge in [-0.1, -0.05) is 6.92 Å². The molecule has 128 valence electrons. The Morgan fingerprint density at radius 2 is 2.17 bits per heavy atom. The fourth-order valence-electron chi connectivity index (χ4n) is 2.71. The van der Waals surface area contributed by atoms with E-state index in [1.165, 1.54) is 11.3 Å². The van der Waals surface area contributed by atoms with E-state index >= 15 is 0 Å². The third-order valence-corrected chi connectivity index (χ3v) is 5.19. The molecule has 1 amide bonds. The highest BCUT2D eigenvalue weighted by Crippen LogP contribution is 2.18. The van der Waals surface area contributed by atoms with Gasteiger partial charge in [0.1, 0.15) is 17.4 Å². The summed E-state index contributed by atoms with van der Waals surface area (Å²) in [6, 6.07) is 3.82. The van der Waals surface area contributed by atoms with E-state index in [0.717, 1.165) is 54.0 Å². The normalized spacial score (nSPS) is 15.5. The first-order chi connectivity index (χ1) is 11.6. The molecule has 2 aromatic heterocycles. The van der Waals surface area contributed by atoms with E-state index in [1.807, 2.05) is 29.3 Å². The van der Waals surface area contributed by atoms with Crippen molar-refractivity contribution >= 4 is 17.2 Å². The van der Waals surface area contributed by atoms with Crippen LogP contribution in [0.3, 0.4) is 0 Å². The molecular formula is C18H23N3O2S. The van der Waals surface area contributed by atoms with Gasteiger partial charge < -0.3 is 9.64 Å². The summed E-state index contributed by atoms with van der Waals surface area (Å²) in [4.78, 5) is 23.0. The van der Waals surface area contributed by atoms with Crippen molar-refractivity contribution in [1.82, 2.24) is 14.9 Å². The van der Waals surface area contributed by atoms with Crippen LogP contribution in [0.1, 0.15) is 36.2 Å². The van der Waals surface area contributed by atoms with E-state index in [9.17, 15) is 4.79 Å². The van der Waals surface area contributed by atoms with E-state index in [1.54, 1.807) is 6.20 Å². The molecule has 0 bridgehead atoms. The molecule has 0 spiro atoms. The molecule has 0 N–H and O–H groups in total. The summed E-state index contributed by atoms with van der Waals surface area (Å²) >= 11 is 1.53. The first kappa shape index (κ1) is 16.9. The van der Waals surface area contributed by atoms with Crippen LogP contribution in [0.15, 0.2) is 23.7 Å². The van der Waals surface area contributed by atoms with E-state index in [-0.39, 0.29) is 5.91 Å². The number of nitrogens with zero attached hydrogens (tertiary/aromatic N) is 3. The molecule has 0 saturated carbocycles. The number of piperidine rings is 1. The van der Waals surface area contributed by atoms with Gasteiger partial charge in [-0.25, -0.2) is 4.98 Å². The lowest BCUT2D eigenvalue weighted by molar-refractivity contribution is -0.131. The molecule has 0 unspecified atom stereocenters. The summed E-state index contributed by atoms with van der Waals surface area (Å²) in [5, 5.41) is 2.84. The van der Waals surface area contributed by atoms with Gasteiger partial charge in [0.2, 0.25) is 5.91 Å². The topological polar surface area (TPSA) is 55.3 Å². The van der Waals surface area contributed by atoms with Gasteiger partial charge in [-0.3, -0.25) is 9.78 Å². The van der Waals surface area contributed by atoms with Gasteiger partial charge in [0.25, 0.3) is 0 Å². The molecule has 6 heteroatoms. The SMILES string of the molecule is Cc1ccc(OCc2nc(CC(=O)N3CCC(C)CC3)cs2)cn1. The maximum atomic E-state index is 12.3. The van der Waals surface area contributed by atoms with Crippen LogP contribution in [-0.4, -0.2) is 33.9 Å². The van der Waals surface area contributed by atoms with Crippen molar-refractivity contribution in [3.63, 3.8) is 0 Å².